The number of nitrogens with one attached hydrogen (secondary N) is 1. The van der Waals surface area contributed by atoms with E-state index < -0.39 is 11.7 Å². The van der Waals surface area contributed by atoms with Crippen LogP contribution in [0.3, 0.4) is 0 Å². The molecule has 1 aliphatic heterocycles. The van der Waals surface area contributed by atoms with Gasteiger partial charge in [-0.05, 0) is 26.0 Å². The van der Waals surface area contributed by atoms with Gasteiger partial charge in [0, 0.05) is 37.9 Å². The van der Waals surface area contributed by atoms with Crippen molar-refractivity contribution in [1.82, 2.24) is 10.2 Å². The summed E-state index contributed by atoms with van der Waals surface area (Å²) in [5.41, 5.74) is -0.450. The molecule has 122 valence electrons. The second-order valence-electron chi connectivity index (χ2n) is 5.59. The molecule has 1 N–H and O–H groups in total. The van der Waals surface area contributed by atoms with Crippen molar-refractivity contribution in [2.24, 2.45) is 0 Å². The summed E-state index contributed by atoms with van der Waals surface area (Å²) in [6, 6.07) is 5.43. The van der Waals surface area contributed by atoms with Crippen LogP contribution in [-0.2, 0) is 6.18 Å². The molecule has 0 spiro atoms. The van der Waals surface area contributed by atoms with Gasteiger partial charge < -0.3 is 15.1 Å². The monoisotopic (exact) mass is 315 g/mol. The van der Waals surface area contributed by atoms with E-state index in [1.54, 1.807) is 15.9 Å². The number of carbonyl (C=O) groups excluding carboxylic acids is 1. The van der Waals surface area contributed by atoms with Crippen LogP contribution in [0.15, 0.2) is 24.3 Å². The van der Waals surface area contributed by atoms with Crippen molar-refractivity contribution < 1.29 is 18.0 Å². The molecule has 4 nitrogen and oxygen atoms in total. The Morgan fingerprint density at radius 2 is 1.73 bits per heavy atom. The van der Waals surface area contributed by atoms with Crippen LogP contribution in [0, 0.1) is 0 Å². The Bertz CT molecular complexity index is 523. The molecule has 22 heavy (non-hydrogen) atoms. The molecule has 1 aromatic carbocycles. The maximum Gasteiger partial charge on any atom is 0.418 e. The second-order valence-corrected chi connectivity index (χ2v) is 5.59. The molecule has 0 unspecified atom stereocenters. The van der Waals surface area contributed by atoms with Gasteiger partial charge in [0.25, 0.3) is 0 Å². The second kappa shape index (κ2) is 6.46. The summed E-state index contributed by atoms with van der Waals surface area (Å²) in [4.78, 5) is 15.2. The lowest BCUT2D eigenvalue weighted by molar-refractivity contribution is -0.137. The topological polar surface area (TPSA) is 35.6 Å². The lowest BCUT2D eigenvalue weighted by Gasteiger charge is -2.37. The van der Waals surface area contributed by atoms with Crippen LogP contribution >= 0.6 is 0 Å². The number of piperazine rings is 1. The number of hydrogen-bond acceptors (Lipinski definition) is 2. The average Bonchev–Trinajstić information content (AvgIpc) is 2.46. The number of amides is 2. The smallest absolute Gasteiger partial charge is 0.367 e. The molecule has 2 amide bonds. The van der Waals surface area contributed by atoms with Crippen molar-refractivity contribution in [1.29, 1.82) is 0 Å². The fourth-order valence-corrected chi connectivity index (χ4v) is 2.48. The molecule has 1 aliphatic rings. The molecule has 0 radical (unpaired) electrons. The molecule has 0 atom stereocenters. The van der Waals surface area contributed by atoms with E-state index in [-0.39, 0.29) is 17.8 Å². The lowest BCUT2D eigenvalue weighted by Crippen LogP contribution is -2.53. The van der Waals surface area contributed by atoms with Crippen LogP contribution in [0.5, 0.6) is 0 Å². The van der Waals surface area contributed by atoms with Gasteiger partial charge in [0.2, 0.25) is 0 Å². The minimum Gasteiger partial charge on any atom is -0.367 e. The fourth-order valence-electron chi connectivity index (χ4n) is 2.48. The Labute approximate surface area is 127 Å². The Kier molecular flexibility index (Phi) is 4.83. The van der Waals surface area contributed by atoms with Gasteiger partial charge in [-0.1, -0.05) is 12.1 Å². The Morgan fingerprint density at radius 3 is 2.27 bits per heavy atom. The molecule has 0 bridgehead atoms. The predicted octanol–water partition coefficient (Wildman–Crippen LogP) is 2.95. The SMILES string of the molecule is CC(C)NC(=O)N1CCN(c2ccccc2C(F)(F)F)CC1. The van der Waals surface area contributed by atoms with E-state index in [0.717, 1.165) is 6.07 Å². The van der Waals surface area contributed by atoms with Gasteiger partial charge in [0.15, 0.2) is 0 Å². The summed E-state index contributed by atoms with van der Waals surface area (Å²) in [5.74, 6) is 0. The molecule has 1 heterocycles. The Balaban J connectivity index is 2.05. The van der Waals surface area contributed by atoms with Crippen LogP contribution in [0.1, 0.15) is 19.4 Å². The highest BCUT2D eigenvalue weighted by Crippen LogP contribution is 2.36. The lowest BCUT2D eigenvalue weighted by atomic mass is 10.1. The zero-order valence-corrected chi connectivity index (χ0v) is 12.7. The first-order valence-corrected chi connectivity index (χ1v) is 7.25. The third-order valence-electron chi connectivity index (χ3n) is 3.53. The van der Waals surface area contributed by atoms with Crippen LogP contribution < -0.4 is 10.2 Å². The molecular weight excluding hydrogens is 295 g/mol. The number of anilines is 1. The van der Waals surface area contributed by atoms with Gasteiger partial charge >= 0.3 is 12.2 Å². The zero-order valence-electron chi connectivity index (χ0n) is 12.7. The van der Waals surface area contributed by atoms with Crippen molar-refractivity contribution in [3.05, 3.63) is 29.8 Å². The maximum absolute atomic E-state index is 13.1. The van der Waals surface area contributed by atoms with E-state index in [4.69, 9.17) is 0 Å². The van der Waals surface area contributed by atoms with E-state index in [2.05, 4.69) is 5.32 Å². The van der Waals surface area contributed by atoms with Crippen molar-refractivity contribution in [2.45, 2.75) is 26.1 Å². The van der Waals surface area contributed by atoms with Gasteiger partial charge in [-0.25, -0.2) is 4.79 Å². The predicted molar refractivity (Wildman–Crippen MR) is 78.9 cm³/mol. The molecule has 0 aromatic heterocycles. The number of nitrogens with zero attached hydrogens (tertiary/aromatic N) is 2. The minimum absolute atomic E-state index is 0.0384. The molecule has 1 saturated heterocycles. The normalized spacial score (nSPS) is 16.1. The summed E-state index contributed by atoms with van der Waals surface area (Å²) in [5, 5.41) is 2.79. The molecule has 0 aliphatic carbocycles. The number of urea groups is 1. The van der Waals surface area contributed by atoms with Crippen LogP contribution in [0.25, 0.3) is 0 Å². The van der Waals surface area contributed by atoms with E-state index in [1.807, 2.05) is 13.8 Å². The maximum atomic E-state index is 13.1. The van der Waals surface area contributed by atoms with Crippen molar-refractivity contribution in [3.8, 4) is 0 Å². The first-order valence-electron chi connectivity index (χ1n) is 7.25. The first-order chi connectivity index (χ1) is 10.3. The number of halogens is 3. The average molecular weight is 315 g/mol. The highest BCUT2D eigenvalue weighted by Gasteiger charge is 2.35. The molecule has 7 heteroatoms. The Hall–Kier alpha value is -1.92. The van der Waals surface area contributed by atoms with E-state index in [1.165, 1.54) is 12.1 Å². The summed E-state index contributed by atoms with van der Waals surface area (Å²) in [6.45, 7) is 5.33. The third kappa shape index (κ3) is 3.84. The first kappa shape index (κ1) is 16.5. The molecule has 1 fully saturated rings. The number of hydrogen-bond donors (Lipinski definition) is 1. The molecular formula is C15H20F3N3O. The van der Waals surface area contributed by atoms with E-state index >= 15 is 0 Å². The number of rotatable bonds is 2. The number of alkyl halides is 3. The van der Waals surface area contributed by atoms with Gasteiger partial charge in [-0.2, -0.15) is 13.2 Å². The fraction of sp³-hybridized carbons (Fsp3) is 0.533. The van der Waals surface area contributed by atoms with Crippen molar-refractivity contribution in [2.75, 3.05) is 31.1 Å². The van der Waals surface area contributed by atoms with Gasteiger partial charge in [0.05, 0.1) is 5.56 Å². The minimum atomic E-state index is -4.37. The standard InChI is InChI=1S/C15H20F3N3O/c1-11(2)19-14(22)21-9-7-20(8-10-21)13-6-4-3-5-12(13)15(16,17)18/h3-6,11H,7-10H2,1-2H3,(H,19,22). The van der Waals surface area contributed by atoms with Crippen molar-refractivity contribution >= 4 is 11.7 Å². The summed E-state index contributed by atoms with van der Waals surface area (Å²) in [7, 11) is 0. The molecule has 2 rings (SSSR count). The summed E-state index contributed by atoms with van der Waals surface area (Å²) >= 11 is 0. The summed E-state index contributed by atoms with van der Waals surface area (Å²) < 4.78 is 39.2. The summed E-state index contributed by atoms with van der Waals surface area (Å²) in [6.07, 6.45) is -4.37. The highest BCUT2D eigenvalue weighted by atomic mass is 19.4. The molecule has 0 saturated carbocycles. The highest BCUT2D eigenvalue weighted by molar-refractivity contribution is 5.74. The zero-order chi connectivity index (χ0) is 16.3. The number of para-hydroxylation sites is 1. The number of benzene rings is 1. The number of carbonyl (C=O) groups is 1. The van der Waals surface area contributed by atoms with Crippen molar-refractivity contribution in [3.63, 3.8) is 0 Å². The Morgan fingerprint density at radius 1 is 1.14 bits per heavy atom. The van der Waals surface area contributed by atoms with E-state index in [0.29, 0.717) is 26.2 Å². The largest absolute Gasteiger partial charge is 0.418 e. The van der Waals surface area contributed by atoms with Gasteiger partial charge in [0.1, 0.15) is 0 Å². The van der Waals surface area contributed by atoms with Crippen LogP contribution in [0.2, 0.25) is 0 Å². The van der Waals surface area contributed by atoms with Crippen LogP contribution in [-0.4, -0.2) is 43.2 Å². The quantitative estimate of drug-likeness (QED) is 0.911. The van der Waals surface area contributed by atoms with Gasteiger partial charge in [-0.15, -0.1) is 0 Å². The van der Waals surface area contributed by atoms with Crippen LogP contribution in [0.4, 0.5) is 23.7 Å². The molecule has 1 aromatic rings. The van der Waals surface area contributed by atoms with E-state index in [9.17, 15) is 18.0 Å². The van der Waals surface area contributed by atoms with Gasteiger partial charge in [-0.3, -0.25) is 0 Å². The third-order valence-corrected chi connectivity index (χ3v) is 3.53.